The summed E-state index contributed by atoms with van der Waals surface area (Å²) in [6.07, 6.45) is 18.7. The highest BCUT2D eigenvalue weighted by atomic mass is 31.2. The molecule has 250 valence electrons. The molecular formula is C30H62N3O8P. The second-order valence-corrected chi connectivity index (χ2v) is 13.7. The molecule has 0 aliphatic carbocycles. The lowest BCUT2D eigenvalue weighted by Gasteiger charge is -2.36. The summed E-state index contributed by atoms with van der Waals surface area (Å²) in [6, 6.07) is -0.476. The summed E-state index contributed by atoms with van der Waals surface area (Å²) in [5.74, 6) is 0. The predicted octanol–water partition coefficient (Wildman–Crippen LogP) is 5.98. The van der Waals surface area contributed by atoms with E-state index in [0.717, 1.165) is 19.3 Å². The quantitative estimate of drug-likeness (QED) is 0.0682. The number of likely N-dealkylation sites (N-methyl/N-ethyl adjacent to an activating group) is 1. The maximum atomic E-state index is 12.2. The first-order chi connectivity index (χ1) is 19.8. The van der Waals surface area contributed by atoms with Gasteiger partial charge >= 0.3 is 12.2 Å². The topological polar surface area (TPSA) is 137 Å². The number of ether oxygens (including phenoxy) is 2. The molecule has 0 rings (SSSR count). The molecular weight excluding hydrogens is 561 g/mol. The van der Waals surface area contributed by atoms with Gasteiger partial charge in [-0.2, -0.15) is 0 Å². The molecule has 0 radical (unpaired) electrons. The molecule has 0 aromatic heterocycles. The summed E-state index contributed by atoms with van der Waals surface area (Å²) in [5, 5.41) is 2.74. The summed E-state index contributed by atoms with van der Waals surface area (Å²) in [6.45, 7) is 2.25. The first-order valence-corrected chi connectivity index (χ1v) is 17.5. The van der Waals surface area contributed by atoms with Crippen molar-refractivity contribution in [3.63, 3.8) is 0 Å². The van der Waals surface area contributed by atoms with Crippen LogP contribution in [0.2, 0.25) is 0 Å². The lowest BCUT2D eigenvalue weighted by Crippen LogP contribution is -2.50. The average Bonchev–Trinajstić information content (AvgIpc) is 2.89. The molecule has 11 nitrogen and oxygen atoms in total. The number of hydrogen-bond acceptors (Lipinski definition) is 7. The lowest BCUT2D eigenvalue weighted by atomic mass is 10.0. The molecule has 3 atom stereocenters. The minimum Gasteiger partial charge on any atom is -0.756 e. The van der Waals surface area contributed by atoms with Crippen molar-refractivity contribution < 1.29 is 42.4 Å². The van der Waals surface area contributed by atoms with Crippen molar-refractivity contribution in [2.45, 2.75) is 128 Å². The van der Waals surface area contributed by atoms with Gasteiger partial charge in [0.25, 0.3) is 7.82 Å². The van der Waals surface area contributed by atoms with E-state index in [9.17, 15) is 19.0 Å². The third-order valence-electron chi connectivity index (χ3n) is 7.39. The number of nitrogens with zero attached hydrogens (tertiary/aromatic N) is 2. The number of rotatable bonds is 26. The molecule has 42 heavy (non-hydrogen) atoms. The Morgan fingerprint density at radius 2 is 1.29 bits per heavy atom. The van der Waals surface area contributed by atoms with Gasteiger partial charge in [-0.3, -0.25) is 4.57 Å². The number of unbranched alkanes of at least 4 members (excludes halogenated alkanes) is 15. The number of alkyl carbamates (subject to hydrolysis) is 1. The molecule has 0 fully saturated rings. The van der Waals surface area contributed by atoms with Crippen LogP contribution in [-0.4, -0.2) is 93.6 Å². The fourth-order valence-electron chi connectivity index (χ4n) is 4.57. The van der Waals surface area contributed by atoms with Gasteiger partial charge in [0, 0.05) is 27.1 Å². The Kier molecular flexibility index (Phi) is 23.2. The van der Waals surface area contributed by atoms with Crippen molar-refractivity contribution in [2.24, 2.45) is 0 Å². The summed E-state index contributed by atoms with van der Waals surface area (Å²) in [7, 11) is 3.60. The van der Waals surface area contributed by atoms with Crippen molar-refractivity contribution in [1.82, 2.24) is 10.2 Å². The lowest BCUT2D eigenvalue weighted by molar-refractivity contribution is -0.897. The molecule has 0 bridgehead atoms. The second-order valence-electron chi connectivity index (χ2n) is 12.5. The molecule has 0 spiro atoms. The van der Waals surface area contributed by atoms with E-state index in [4.69, 9.17) is 14.4 Å². The minimum absolute atomic E-state index is 0.148. The fourth-order valence-corrected chi connectivity index (χ4v) is 4.93. The minimum atomic E-state index is -4.92. The standard InChI is InChI=1S/C30H62N3O8P/c1-7-8-9-10-11-12-13-14-15-16-17-18-19-20-21-22-23-31-29(34)39-26-28(41-30(35)32(2)3)24-27(33(4,5)6)25-40-42(36,37)38/h27-28H,7-26H2,1-6H3,(H2-,31,34,36,37,38). The molecule has 0 saturated heterocycles. The third-order valence-corrected chi connectivity index (χ3v) is 7.87. The van der Waals surface area contributed by atoms with Crippen molar-refractivity contribution in [3.05, 3.63) is 0 Å². The zero-order valence-corrected chi connectivity index (χ0v) is 28.3. The zero-order valence-electron chi connectivity index (χ0n) is 27.4. The number of carbonyl (C=O) groups excluding carboxylic acids is 2. The zero-order chi connectivity index (χ0) is 31.9. The first kappa shape index (κ1) is 40.6. The highest BCUT2D eigenvalue weighted by Crippen LogP contribution is 2.31. The third kappa shape index (κ3) is 25.1. The molecule has 0 aromatic rings. The van der Waals surface area contributed by atoms with Crippen LogP contribution in [0, 0.1) is 0 Å². The van der Waals surface area contributed by atoms with Crippen LogP contribution in [0.1, 0.15) is 116 Å². The highest BCUT2D eigenvalue weighted by molar-refractivity contribution is 7.44. The predicted molar refractivity (Wildman–Crippen MR) is 165 cm³/mol. The Bertz CT molecular complexity index is 743. The van der Waals surface area contributed by atoms with Gasteiger partial charge in [0.2, 0.25) is 0 Å². The largest absolute Gasteiger partial charge is 0.756 e. The van der Waals surface area contributed by atoms with E-state index >= 15 is 0 Å². The van der Waals surface area contributed by atoms with E-state index in [1.54, 1.807) is 0 Å². The van der Waals surface area contributed by atoms with E-state index in [-0.39, 0.29) is 24.1 Å². The van der Waals surface area contributed by atoms with Crippen LogP contribution in [-0.2, 0) is 18.6 Å². The molecule has 0 saturated carbocycles. The van der Waals surface area contributed by atoms with Gasteiger partial charge in [-0.1, -0.05) is 103 Å². The molecule has 0 heterocycles. The van der Waals surface area contributed by atoms with Gasteiger partial charge in [-0.15, -0.1) is 0 Å². The second kappa shape index (κ2) is 24.0. The van der Waals surface area contributed by atoms with Crippen LogP contribution in [0.4, 0.5) is 9.59 Å². The Morgan fingerprint density at radius 3 is 1.69 bits per heavy atom. The van der Waals surface area contributed by atoms with Gasteiger partial charge in [0.1, 0.15) is 25.4 Å². The van der Waals surface area contributed by atoms with E-state index in [0.29, 0.717) is 6.54 Å². The van der Waals surface area contributed by atoms with Crippen molar-refractivity contribution >= 4 is 20.0 Å². The number of hydrogen-bond donors (Lipinski definition) is 2. The number of phosphoric ester groups is 1. The van der Waals surface area contributed by atoms with Crippen LogP contribution in [0.25, 0.3) is 0 Å². The van der Waals surface area contributed by atoms with Crippen LogP contribution in [0.5, 0.6) is 0 Å². The van der Waals surface area contributed by atoms with Crippen molar-refractivity contribution in [2.75, 3.05) is 55.0 Å². The van der Waals surface area contributed by atoms with E-state index in [1.807, 2.05) is 21.1 Å². The van der Waals surface area contributed by atoms with Gasteiger partial charge in [0.15, 0.2) is 0 Å². The smallest absolute Gasteiger partial charge is 0.409 e. The summed E-state index contributed by atoms with van der Waals surface area (Å²) in [5.41, 5.74) is 0. The fraction of sp³-hybridized carbons (Fsp3) is 0.933. The van der Waals surface area contributed by atoms with E-state index in [1.165, 1.54) is 102 Å². The molecule has 0 aromatic carbocycles. The molecule has 2 N–H and O–H groups in total. The van der Waals surface area contributed by atoms with E-state index < -0.39 is 32.2 Å². The number of quaternary nitrogens is 1. The Morgan fingerprint density at radius 1 is 0.833 bits per heavy atom. The van der Waals surface area contributed by atoms with Crippen molar-refractivity contribution in [1.29, 1.82) is 0 Å². The van der Waals surface area contributed by atoms with Gasteiger partial charge in [-0.25, -0.2) is 9.59 Å². The Labute approximate surface area is 255 Å². The maximum Gasteiger partial charge on any atom is 0.409 e. The number of amides is 2. The van der Waals surface area contributed by atoms with Gasteiger partial charge in [0.05, 0.1) is 21.1 Å². The average molecular weight is 624 g/mol. The van der Waals surface area contributed by atoms with Crippen LogP contribution in [0.15, 0.2) is 0 Å². The molecule has 0 aliphatic rings. The molecule has 12 heteroatoms. The Balaban J connectivity index is 4.16. The normalized spacial score (nSPS) is 14.6. The SMILES string of the molecule is CCCCCCCCCCCCCCCCCCNC(=O)OCC(CC(COP(=O)([O-])O)[N+](C)(C)C)OC(=O)N(C)C. The monoisotopic (exact) mass is 623 g/mol. The maximum absolute atomic E-state index is 12.2. The molecule has 3 unspecified atom stereocenters. The molecule has 2 amide bonds. The van der Waals surface area contributed by atoms with Gasteiger partial charge < -0.3 is 38.5 Å². The summed E-state index contributed by atoms with van der Waals surface area (Å²) >= 11 is 0. The summed E-state index contributed by atoms with van der Waals surface area (Å²) in [4.78, 5) is 45.8. The Hall–Kier alpha value is -1.39. The van der Waals surface area contributed by atoms with Crippen molar-refractivity contribution in [3.8, 4) is 0 Å². The number of nitrogens with one attached hydrogen (secondary N) is 1. The van der Waals surface area contributed by atoms with Crippen LogP contribution < -0.4 is 10.2 Å². The van der Waals surface area contributed by atoms with Crippen LogP contribution >= 0.6 is 7.82 Å². The van der Waals surface area contributed by atoms with Crippen LogP contribution in [0.3, 0.4) is 0 Å². The number of phosphoric acid groups is 1. The molecule has 0 aliphatic heterocycles. The first-order valence-electron chi connectivity index (χ1n) is 16.0. The van der Waals surface area contributed by atoms with E-state index in [2.05, 4.69) is 16.8 Å². The number of carbonyl (C=O) groups is 2. The summed E-state index contributed by atoms with van der Waals surface area (Å²) < 4.78 is 26.8. The highest BCUT2D eigenvalue weighted by Gasteiger charge is 2.31. The van der Waals surface area contributed by atoms with Gasteiger partial charge in [-0.05, 0) is 6.42 Å².